The highest BCUT2D eigenvalue weighted by Gasteiger charge is 2.15. The number of hydrogen-bond donors (Lipinski definition) is 3. The molecule has 178 valence electrons. The molecule has 0 radical (unpaired) electrons. The second-order valence-corrected chi connectivity index (χ2v) is 9.40. The number of carbonyl (C=O) groups is 1. The monoisotopic (exact) mass is 494 g/mol. The Morgan fingerprint density at radius 1 is 1.30 bits per heavy atom. The summed E-state index contributed by atoms with van der Waals surface area (Å²) in [5.41, 5.74) is 3.59. The molecule has 33 heavy (non-hydrogen) atoms. The standard InChI is InChI=1S/C14H16N2O3S.C10H12F2S/c1-9-6-12(7-13(10(9)2)14(17)18)20(19)16-11-4-3-5-15-8-11;1-13-7-8-3-2-4-9(6-11)10(12)5-8/h3-7,15-16H,8H2,1-2H3,(H,17,18);3-5H,2,6-7H2,1H3. The van der Waals surface area contributed by atoms with Crippen molar-refractivity contribution < 1.29 is 22.9 Å². The minimum atomic E-state index is -1.48. The third-order valence-electron chi connectivity index (χ3n) is 4.93. The summed E-state index contributed by atoms with van der Waals surface area (Å²) in [6.07, 6.45) is 13.0. The van der Waals surface area contributed by atoms with E-state index in [2.05, 4.69) is 10.0 Å². The zero-order valence-corrected chi connectivity index (χ0v) is 20.4. The number of thioether (sulfide) groups is 1. The van der Waals surface area contributed by atoms with Crippen molar-refractivity contribution in [3.8, 4) is 0 Å². The Balaban J connectivity index is 0.000000257. The van der Waals surface area contributed by atoms with E-state index in [0.717, 1.165) is 22.6 Å². The minimum Gasteiger partial charge on any atom is -0.478 e. The molecule has 0 saturated carbocycles. The lowest BCUT2D eigenvalue weighted by atomic mass is 10.0. The van der Waals surface area contributed by atoms with Gasteiger partial charge in [-0.1, -0.05) is 12.2 Å². The van der Waals surface area contributed by atoms with Crippen LogP contribution in [0.3, 0.4) is 0 Å². The third kappa shape index (κ3) is 8.01. The number of dihydropyridines is 1. The van der Waals surface area contributed by atoms with Crippen LogP contribution in [-0.4, -0.2) is 40.5 Å². The predicted molar refractivity (Wildman–Crippen MR) is 132 cm³/mol. The average Bonchev–Trinajstić information content (AvgIpc) is 2.97. The normalized spacial score (nSPS) is 16.0. The van der Waals surface area contributed by atoms with Crippen molar-refractivity contribution in [2.24, 2.45) is 0 Å². The quantitative estimate of drug-likeness (QED) is 0.495. The van der Waals surface area contributed by atoms with Crippen LogP contribution in [0.5, 0.6) is 0 Å². The number of hydrogen-bond acceptors (Lipinski definition) is 4. The molecule has 2 aliphatic rings. The van der Waals surface area contributed by atoms with Gasteiger partial charge in [0.1, 0.15) is 23.5 Å². The molecule has 0 fully saturated rings. The molecule has 3 rings (SSSR count). The zero-order chi connectivity index (χ0) is 24.4. The van der Waals surface area contributed by atoms with Gasteiger partial charge in [0.25, 0.3) is 0 Å². The fourth-order valence-electron chi connectivity index (χ4n) is 3.01. The van der Waals surface area contributed by atoms with Crippen LogP contribution in [0, 0.1) is 13.8 Å². The number of carboxylic acids is 1. The number of aromatic carboxylic acids is 1. The number of halogens is 2. The second-order valence-electron chi connectivity index (χ2n) is 7.32. The van der Waals surface area contributed by atoms with Crippen molar-refractivity contribution >= 4 is 28.7 Å². The first-order valence-electron chi connectivity index (χ1n) is 10.2. The van der Waals surface area contributed by atoms with Gasteiger partial charge >= 0.3 is 5.97 Å². The molecule has 1 aromatic rings. The van der Waals surface area contributed by atoms with E-state index in [1.54, 1.807) is 37.0 Å². The number of benzene rings is 1. The summed E-state index contributed by atoms with van der Waals surface area (Å²) >= 11 is 1.63. The van der Waals surface area contributed by atoms with Gasteiger partial charge in [-0.15, -0.1) is 0 Å². The molecule has 5 nitrogen and oxygen atoms in total. The SMILES string of the molecule is CSCC1=CCC=C(CF)C(F)=C1.Cc1cc(S(=O)NC2=CC=CNC2)cc(C(=O)O)c1C. The molecule has 1 aliphatic heterocycles. The van der Waals surface area contributed by atoms with E-state index in [0.29, 0.717) is 23.4 Å². The average molecular weight is 495 g/mol. The lowest BCUT2D eigenvalue weighted by Crippen LogP contribution is -2.26. The predicted octanol–water partition coefficient (Wildman–Crippen LogP) is 5.04. The van der Waals surface area contributed by atoms with E-state index in [1.807, 2.05) is 31.4 Å². The largest absolute Gasteiger partial charge is 0.478 e. The molecule has 1 aromatic carbocycles. The topological polar surface area (TPSA) is 78.4 Å². The fourth-order valence-corrected chi connectivity index (χ4v) is 4.55. The molecule has 1 atom stereocenters. The van der Waals surface area contributed by atoms with Gasteiger partial charge < -0.3 is 15.1 Å². The summed E-state index contributed by atoms with van der Waals surface area (Å²) in [7, 11) is -1.48. The van der Waals surface area contributed by atoms with Crippen LogP contribution in [0.25, 0.3) is 0 Å². The van der Waals surface area contributed by atoms with Gasteiger partial charge in [-0.2, -0.15) is 11.8 Å². The van der Waals surface area contributed by atoms with Crippen LogP contribution in [0.2, 0.25) is 0 Å². The summed E-state index contributed by atoms with van der Waals surface area (Å²) in [5.74, 6) is -0.660. The van der Waals surface area contributed by atoms with Crippen LogP contribution in [-0.2, 0) is 11.0 Å². The summed E-state index contributed by atoms with van der Waals surface area (Å²) in [5, 5.41) is 12.2. The van der Waals surface area contributed by atoms with Gasteiger partial charge in [0, 0.05) is 17.0 Å². The van der Waals surface area contributed by atoms with Crippen molar-refractivity contribution in [2.75, 3.05) is 25.2 Å². The first kappa shape index (κ1) is 26.6. The van der Waals surface area contributed by atoms with Gasteiger partial charge in [-0.3, -0.25) is 0 Å². The number of aryl methyl sites for hydroxylation is 1. The highest BCUT2D eigenvalue weighted by Crippen LogP contribution is 2.21. The first-order valence-corrected chi connectivity index (χ1v) is 12.7. The summed E-state index contributed by atoms with van der Waals surface area (Å²) in [6, 6.07) is 3.21. The number of alkyl halides is 1. The number of rotatable bonds is 7. The van der Waals surface area contributed by atoms with E-state index in [-0.39, 0.29) is 11.1 Å². The number of nitrogens with one attached hydrogen (secondary N) is 2. The maximum absolute atomic E-state index is 13.2. The molecule has 0 aromatic heterocycles. The van der Waals surface area contributed by atoms with Crippen LogP contribution < -0.4 is 10.0 Å². The van der Waals surface area contributed by atoms with Crippen molar-refractivity contribution in [1.29, 1.82) is 0 Å². The molecule has 0 spiro atoms. The lowest BCUT2D eigenvalue weighted by molar-refractivity contribution is 0.0695. The summed E-state index contributed by atoms with van der Waals surface area (Å²) in [6.45, 7) is 3.41. The van der Waals surface area contributed by atoms with Crippen LogP contribution in [0.15, 0.2) is 76.3 Å². The Morgan fingerprint density at radius 2 is 2.06 bits per heavy atom. The van der Waals surface area contributed by atoms with Crippen molar-refractivity contribution in [1.82, 2.24) is 10.0 Å². The molecule has 0 saturated heterocycles. The van der Waals surface area contributed by atoms with Crippen molar-refractivity contribution in [3.63, 3.8) is 0 Å². The van der Waals surface area contributed by atoms with Crippen LogP contribution >= 0.6 is 11.8 Å². The van der Waals surface area contributed by atoms with E-state index in [1.165, 1.54) is 12.1 Å². The van der Waals surface area contributed by atoms with Crippen molar-refractivity contribution in [3.05, 3.63) is 88.1 Å². The van der Waals surface area contributed by atoms with Crippen LogP contribution in [0.1, 0.15) is 27.9 Å². The van der Waals surface area contributed by atoms with Gasteiger partial charge in [0.15, 0.2) is 0 Å². The highest BCUT2D eigenvalue weighted by atomic mass is 32.2. The summed E-state index contributed by atoms with van der Waals surface area (Å²) < 4.78 is 40.6. The zero-order valence-electron chi connectivity index (χ0n) is 18.8. The number of allylic oxidation sites excluding steroid dienone is 7. The molecule has 9 heteroatoms. The van der Waals surface area contributed by atoms with Crippen LogP contribution in [0.4, 0.5) is 8.78 Å². The smallest absolute Gasteiger partial charge is 0.336 e. The molecule has 3 N–H and O–H groups in total. The van der Waals surface area contributed by atoms with Crippen molar-refractivity contribution in [2.45, 2.75) is 25.2 Å². The lowest BCUT2D eigenvalue weighted by Gasteiger charge is -2.14. The van der Waals surface area contributed by atoms with Gasteiger partial charge in [0.2, 0.25) is 0 Å². The molecular formula is C24H28F2N2O3S2. The Bertz CT molecular complexity index is 1060. The van der Waals surface area contributed by atoms with E-state index < -0.39 is 29.5 Å². The van der Waals surface area contributed by atoms with Gasteiger partial charge in [0.05, 0.1) is 17.0 Å². The van der Waals surface area contributed by atoms with E-state index >= 15 is 0 Å². The second kappa shape index (κ2) is 13.2. The molecule has 1 aliphatic carbocycles. The molecule has 0 bridgehead atoms. The molecule has 1 heterocycles. The molecule has 1 unspecified atom stereocenters. The van der Waals surface area contributed by atoms with Gasteiger partial charge in [-0.05, 0) is 79.8 Å². The number of carboxylic acid groups (broad SMARTS) is 1. The maximum atomic E-state index is 13.2. The third-order valence-corrected chi connectivity index (χ3v) is 6.66. The fraction of sp³-hybridized carbons (Fsp3) is 0.292. The summed E-state index contributed by atoms with van der Waals surface area (Å²) in [4.78, 5) is 11.6. The Labute approximate surface area is 200 Å². The minimum absolute atomic E-state index is 0.173. The van der Waals surface area contributed by atoms with Gasteiger partial charge in [-0.25, -0.2) is 17.8 Å². The Morgan fingerprint density at radius 3 is 2.67 bits per heavy atom. The Hall–Kier alpha value is -2.65. The molecular weight excluding hydrogens is 466 g/mol. The maximum Gasteiger partial charge on any atom is 0.336 e. The first-order chi connectivity index (χ1) is 15.8. The van der Waals surface area contributed by atoms with E-state index in [9.17, 15) is 17.8 Å². The van der Waals surface area contributed by atoms with E-state index in [4.69, 9.17) is 5.11 Å². The molecule has 0 amide bonds. The Kier molecular flexibility index (Phi) is 10.6. The highest BCUT2D eigenvalue weighted by molar-refractivity contribution is 7.98.